The summed E-state index contributed by atoms with van der Waals surface area (Å²) < 4.78 is 10.2. The number of ether oxygens (including phenoxy) is 2. The van der Waals surface area contributed by atoms with Crippen molar-refractivity contribution in [3.8, 4) is 5.75 Å². The predicted octanol–water partition coefficient (Wildman–Crippen LogP) is 4.19. The van der Waals surface area contributed by atoms with Crippen molar-refractivity contribution >= 4 is 46.1 Å². The number of carbonyl (C=O) groups is 5. The van der Waals surface area contributed by atoms with Crippen LogP contribution < -0.4 is 20.7 Å². The molecule has 50 heavy (non-hydrogen) atoms. The van der Waals surface area contributed by atoms with Crippen molar-refractivity contribution in [2.24, 2.45) is 0 Å². The zero-order valence-electron chi connectivity index (χ0n) is 28.2. The number of fused-ring (bicyclic) bond motifs is 1. The first-order chi connectivity index (χ1) is 24.2. The van der Waals surface area contributed by atoms with Gasteiger partial charge in [0.1, 0.15) is 23.9 Å². The molecule has 1 saturated heterocycles. The number of benzene rings is 4. The number of nitrogens with one attached hydrogen (secondary N) is 3. The minimum atomic E-state index is -0.970. The van der Waals surface area contributed by atoms with Crippen LogP contribution in [0.3, 0.4) is 0 Å². The van der Waals surface area contributed by atoms with Gasteiger partial charge in [-0.15, -0.1) is 0 Å². The standard InChI is InChI=1S/C39H42N4O7/c1-49-34-25-29(24-28-16-9-10-17-30(28)34)40-37(46)31(22-26-12-5-3-6-13-26)42-38(47)33-18-11-21-43(33)39(48)32(23-27-14-7-4-8-15-27)41-35(44)19-20-36(45)50-2/h3-10,12-17,24-25,31-33H,11,18-23H2,1-2H3,(H,40,46)(H,41,44)(H,42,47)/t31-,32-,33-/m0/s1. The first-order valence-corrected chi connectivity index (χ1v) is 16.7. The molecular formula is C39H42N4O7. The number of hydrogen-bond acceptors (Lipinski definition) is 7. The molecule has 1 heterocycles. The Morgan fingerprint density at radius 3 is 2.08 bits per heavy atom. The van der Waals surface area contributed by atoms with Crippen LogP contribution in [0, 0.1) is 0 Å². The molecule has 0 saturated carbocycles. The number of likely N-dealkylation sites (tertiary alicyclic amines) is 1. The SMILES string of the molecule is COC(=O)CCC(=O)N[C@@H](Cc1ccccc1)C(=O)N1CCC[C@H]1C(=O)N[C@@H](Cc1ccccc1)C(=O)Nc1cc(OC)c2ccccc2c1. The van der Waals surface area contributed by atoms with Gasteiger partial charge in [-0.25, -0.2) is 0 Å². The molecule has 1 aliphatic rings. The summed E-state index contributed by atoms with van der Waals surface area (Å²) in [7, 11) is 2.81. The average Bonchev–Trinajstić information content (AvgIpc) is 3.64. The summed E-state index contributed by atoms with van der Waals surface area (Å²) in [5.74, 6) is -1.70. The first kappa shape index (κ1) is 35.6. The Labute approximate surface area is 291 Å². The number of esters is 1. The van der Waals surface area contributed by atoms with E-state index < -0.39 is 47.7 Å². The molecule has 11 heteroatoms. The number of rotatable bonds is 14. The summed E-state index contributed by atoms with van der Waals surface area (Å²) in [5.41, 5.74) is 2.19. The van der Waals surface area contributed by atoms with Gasteiger partial charge in [0.15, 0.2) is 0 Å². The van der Waals surface area contributed by atoms with E-state index in [1.807, 2.05) is 91.0 Å². The van der Waals surface area contributed by atoms with Crippen LogP contribution in [0.5, 0.6) is 5.75 Å². The van der Waals surface area contributed by atoms with Crippen LogP contribution in [0.4, 0.5) is 5.69 Å². The van der Waals surface area contributed by atoms with Crippen LogP contribution in [-0.2, 0) is 41.6 Å². The fourth-order valence-electron chi connectivity index (χ4n) is 6.21. The van der Waals surface area contributed by atoms with Gasteiger partial charge in [-0.2, -0.15) is 0 Å². The highest BCUT2D eigenvalue weighted by Gasteiger charge is 2.39. The Kier molecular flexibility index (Phi) is 12.2. The maximum atomic E-state index is 14.1. The molecule has 0 bridgehead atoms. The number of hydrogen-bond donors (Lipinski definition) is 3. The third-order valence-electron chi connectivity index (χ3n) is 8.77. The molecular weight excluding hydrogens is 636 g/mol. The normalized spacial score (nSPS) is 15.1. The highest BCUT2D eigenvalue weighted by atomic mass is 16.5. The molecule has 11 nitrogen and oxygen atoms in total. The Balaban J connectivity index is 1.34. The lowest BCUT2D eigenvalue weighted by Crippen LogP contribution is -2.56. The fraction of sp³-hybridized carbons (Fsp3) is 0.308. The quantitative estimate of drug-likeness (QED) is 0.170. The van der Waals surface area contributed by atoms with Crippen molar-refractivity contribution in [3.63, 3.8) is 0 Å². The molecule has 5 rings (SSSR count). The molecule has 3 atom stereocenters. The lowest BCUT2D eigenvalue weighted by Gasteiger charge is -2.30. The third-order valence-corrected chi connectivity index (χ3v) is 8.77. The Morgan fingerprint density at radius 1 is 0.780 bits per heavy atom. The van der Waals surface area contributed by atoms with E-state index >= 15 is 0 Å². The molecule has 1 aliphatic heterocycles. The molecule has 260 valence electrons. The van der Waals surface area contributed by atoms with E-state index in [4.69, 9.17) is 4.74 Å². The summed E-state index contributed by atoms with van der Waals surface area (Å²) in [6, 6.07) is 27.1. The zero-order valence-corrected chi connectivity index (χ0v) is 28.2. The lowest BCUT2D eigenvalue weighted by atomic mass is 10.0. The largest absolute Gasteiger partial charge is 0.496 e. The molecule has 0 unspecified atom stereocenters. The molecule has 0 spiro atoms. The number of methoxy groups -OCH3 is 2. The topological polar surface area (TPSA) is 143 Å². The van der Waals surface area contributed by atoms with Crippen molar-refractivity contribution in [1.82, 2.24) is 15.5 Å². The van der Waals surface area contributed by atoms with Crippen LogP contribution >= 0.6 is 0 Å². The van der Waals surface area contributed by atoms with Crippen molar-refractivity contribution in [2.45, 2.75) is 56.7 Å². The van der Waals surface area contributed by atoms with Gasteiger partial charge < -0.3 is 30.3 Å². The zero-order chi connectivity index (χ0) is 35.5. The van der Waals surface area contributed by atoms with Gasteiger partial charge in [-0.3, -0.25) is 24.0 Å². The Bertz CT molecular complexity index is 1820. The Morgan fingerprint density at radius 2 is 1.42 bits per heavy atom. The van der Waals surface area contributed by atoms with E-state index in [1.165, 1.54) is 12.0 Å². The van der Waals surface area contributed by atoms with E-state index in [1.54, 1.807) is 13.2 Å². The maximum absolute atomic E-state index is 14.1. The van der Waals surface area contributed by atoms with Gasteiger partial charge in [0.05, 0.1) is 20.6 Å². The molecule has 0 aromatic heterocycles. The highest BCUT2D eigenvalue weighted by molar-refractivity contribution is 6.01. The van der Waals surface area contributed by atoms with Crippen LogP contribution in [0.25, 0.3) is 10.8 Å². The molecule has 4 aromatic carbocycles. The minimum absolute atomic E-state index is 0.125. The van der Waals surface area contributed by atoms with Gasteiger partial charge in [0.2, 0.25) is 23.6 Å². The maximum Gasteiger partial charge on any atom is 0.306 e. The molecule has 4 amide bonds. The summed E-state index contributed by atoms with van der Waals surface area (Å²) >= 11 is 0. The van der Waals surface area contributed by atoms with E-state index in [0.29, 0.717) is 30.8 Å². The van der Waals surface area contributed by atoms with Gasteiger partial charge >= 0.3 is 5.97 Å². The molecule has 0 aliphatic carbocycles. The molecule has 4 aromatic rings. The highest BCUT2D eigenvalue weighted by Crippen LogP contribution is 2.30. The van der Waals surface area contributed by atoms with Crippen LogP contribution in [0.1, 0.15) is 36.8 Å². The van der Waals surface area contributed by atoms with E-state index in [0.717, 1.165) is 21.9 Å². The number of amides is 4. The van der Waals surface area contributed by atoms with Crippen molar-refractivity contribution in [1.29, 1.82) is 0 Å². The van der Waals surface area contributed by atoms with Crippen LogP contribution in [0.15, 0.2) is 97.1 Å². The summed E-state index contributed by atoms with van der Waals surface area (Å²) in [6.07, 6.45) is 1.12. The van der Waals surface area contributed by atoms with Crippen molar-refractivity contribution in [2.75, 3.05) is 26.1 Å². The number of nitrogens with zero attached hydrogens (tertiary/aromatic N) is 1. The predicted molar refractivity (Wildman–Crippen MR) is 189 cm³/mol. The first-order valence-electron chi connectivity index (χ1n) is 16.7. The number of carbonyl (C=O) groups excluding carboxylic acids is 5. The number of anilines is 1. The van der Waals surface area contributed by atoms with Crippen molar-refractivity contribution in [3.05, 3.63) is 108 Å². The summed E-state index contributed by atoms with van der Waals surface area (Å²) in [6.45, 7) is 0.312. The molecule has 3 N–H and O–H groups in total. The summed E-state index contributed by atoms with van der Waals surface area (Å²) in [4.78, 5) is 67.8. The summed E-state index contributed by atoms with van der Waals surface area (Å²) in [5, 5.41) is 10.4. The molecule has 0 radical (unpaired) electrons. The second kappa shape index (κ2) is 17.1. The average molecular weight is 679 g/mol. The van der Waals surface area contributed by atoms with Gasteiger partial charge in [-0.05, 0) is 35.4 Å². The second-order valence-electron chi connectivity index (χ2n) is 12.2. The van der Waals surface area contributed by atoms with Crippen LogP contribution in [0.2, 0.25) is 0 Å². The second-order valence-corrected chi connectivity index (χ2v) is 12.2. The smallest absolute Gasteiger partial charge is 0.306 e. The van der Waals surface area contributed by atoms with Gasteiger partial charge in [0, 0.05) is 42.9 Å². The monoisotopic (exact) mass is 678 g/mol. The Hall–Kier alpha value is -5.71. The van der Waals surface area contributed by atoms with Crippen molar-refractivity contribution < 1.29 is 33.4 Å². The fourth-order valence-corrected chi connectivity index (χ4v) is 6.21. The third kappa shape index (κ3) is 9.25. The molecule has 1 fully saturated rings. The van der Waals surface area contributed by atoms with Gasteiger partial charge in [-0.1, -0.05) is 84.9 Å². The van der Waals surface area contributed by atoms with E-state index in [-0.39, 0.29) is 25.7 Å². The minimum Gasteiger partial charge on any atom is -0.496 e. The van der Waals surface area contributed by atoms with E-state index in [9.17, 15) is 24.0 Å². The lowest BCUT2D eigenvalue weighted by molar-refractivity contribution is -0.143. The van der Waals surface area contributed by atoms with Crippen LogP contribution in [-0.4, -0.2) is 73.4 Å². The van der Waals surface area contributed by atoms with E-state index in [2.05, 4.69) is 20.7 Å². The van der Waals surface area contributed by atoms with Gasteiger partial charge in [0.25, 0.3) is 0 Å².